The van der Waals surface area contributed by atoms with Crippen LogP contribution in [0.15, 0.2) is 0 Å². The van der Waals surface area contributed by atoms with Gasteiger partial charge in [0.2, 0.25) is 0 Å². The van der Waals surface area contributed by atoms with E-state index in [9.17, 15) is 4.79 Å². The standard InChI is InChI=1S/C11H20N2O3/c1-11(3-2-6-16-11)9-12-10(14)13-4-7-15-8-5-13/h2-9H2,1H3,(H,12,14). The Labute approximate surface area is 96.1 Å². The minimum atomic E-state index is -0.165. The van der Waals surface area contributed by atoms with Gasteiger partial charge in [0.15, 0.2) is 0 Å². The SMILES string of the molecule is CC1(CNC(=O)N2CCOCC2)CCCO1. The summed E-state index contributed by atoms with van der Waals surface area (Å²) in [5, 5.41) is 2.94. The summed E-state index contributed by atoms with van der Waals surface area (Å²) in [6.07, 6.45) is 2.11. The molecule has 2 aliphatic rings. The van der Waals surface area contributed by atoms with E-state index in [0.29, 0.717) is 32.8 Å². The third-order valence-electron chi connectivity index (χ3n) is 3.21. The predicted molar refractivity (Wildman–Crippen MR) is 59.4 cm³/mol. The third kappa shape index (κ3) is 2.86. The fourth-order valence-corrected chi connectivity index (χ4v) is 2.12. The molecule has 0 saturated carbocycles. The maximum atomic E-state index is 11.8. The molecule has 0 aromatic rings. The van der Waals surface area contributed by atoms with Gasteiger partial charge >= 0.3 is 6.03 Å². The van der Waals surface area contributed by atoms with Crippen molar-refractivity contribution in [2.45, 2.75) is 25.4 Å². The second kappa shape index (κ2) is 5.01. The molecule has 16 heavy (non-hydrogen) atoms. The molecule has 0 aromatic carbocycles. The first-order valence-electron chi connectivity index (χ1n) is 5.94. The van der Waals surface area contributed by atoms with E-state index in [1.807, 2.05) is 0 Å². The molecule has 0 aromatic heterocycles. The van der Waals surface area contributed by atoms with E-state index in [0.717, 1.165) is 19.4 Å². The predicted octanol–water partition coefficient (Wildman–Crippen LogP) is 0.597. The van der Waals surface area contributed by atoms with E-state index in [-0.39, 0.29) is 11.6 Å². The fraction of sp³-hybridized carbons (Fsp3) is 0.909. The minimum Gasteiger partial charge on any atom is -0.378 e. The van der Waals surface area contributed by atoms with E-state index in [1.54, 1.807) is 4.90 Å². The van der Waals surface area contributed by atoms with Crippen molar-refractivity contribution < 1.29 is 14.3 Å². The van der Waals surface area contributed by atoms with Crippen molar-refractivity contribution in [2.24, 2.45) is 0 Å². The molecule has 2 saturated heterocycles. The summed E-state index contributed by atoms with van der Waals surface area (Å²) in [5.74, 6) is 0. The van der Waals surface area contributed by atoms with Gasteiger partial charge in [-0.15, -0.1) is 0 Å². The van der Waals surface area contributed by atoms with Crippen molar-refractivity contribution in [3.8, 4) is 0 Å². The Bertz CT molecular complexity index is 246. The highest BCUT2D eigenvalue weighted by Crippen LogP contribution is 2.23. The fourth-order valence-electron chi connectivity index (χ4n) is 2.12. The maximum Gasteiger partial charge on any atom is 0.317 e. The van der Waals surface area contributed by atoms with Crippen LogP contribution in [0, 0.1) is 0 Å². The maximum absolute atomic E-state index is 11.8. The van der Waals surface area contributed by atoms with E-state index >= 15 is 0 Å². The van der Waals surface area contributed by atoms with Crippen LogP contribution in [0.3, 0.4) is 0 Å². The molecular weight excluding hydrogens is 208 g/mol. The van der Waals surface area contributed by atoms with Gasteiger partial charge in [0, 0.05) is 26.2 Å². The third-order valence-corrected chi connectivity index (χ3v) is 3.21. The zero-order valence-corrected chi connectivity index (χ0v) is 9.83. The molecule has 5 nitrogen and oxygen atoms in total. The molecule has 1 atom stereocenters. The van der Waals surface area contributed by atoms with Gasteiger partial charge in [0.25, 0.3) is 0 Å². The number of rotatable bonds is 2. The first-order valence-corrected chi connectivity index (χ1v) is 5.94. The topological polar surface area (TPSA) is 50.8 Å². The highest BCUT2D eigenvalue weighted by atomic mass is 16.5. The van der Waals surface area contributed by atoms with E-state index < -0.39 is 0 Å². The average Bonchev–Trinajstić information content (AvgIpc) is 2.75. The normalized spacial score (nSPS) is 30.4. The van der Waals surface area contributed by atoms with Crippen molar-refractivity contribution in [3.63, 3.8) is 0 Å². The van der Waals surface area contributed by atoms with Crippen LogP contribution in [-0.4, -0.2) is 56.0 Å². The first kappa shape index (κ1) is 11.7. The van der Waals surface area contributed by atoms with Crippen molar-refractivity contribution >= 4 is 6.03 Å². The van der Waals surface area contributed by atoms with Crippen LogP contribution in [0.1, 0.15) is 19.8 Å². The number of morpholine rings is 1. The molecule has 0 spiro atoms. The Morgan fingerprint density at radius 3 is 2.75 bits per heavy atom. The lowest BCUT2D eigenvalue weighted by Crippen LogP contribution is -2.49. The highest BCUT2D eigenvalue weighted by Gasteiger charge is 2.30. The van der Waals surface area contributed by atoms with Crippen LogP contribution in [-0.2, 0) is 9.47 Å². The van der Waals surface area contributed by atoms with E-state index in [1.165, 1.54) is 0 Å². The molecular formula is C11H20N2O3. The van der Waals surface area contributed by atoms with Gasteiger partial charge in [-0.2, -0.15) is 0 Å². The van der Waals surface area contributed by atoms with Crippen molar-refractivity contribution in [1.82, 2.24) is 10.2 Å². The summed E-state index contributed by atoms with van der Waals surface area (Å²) < 4.78 is 10.8. The molecule has 2 fully saturated rings. The average molecular weight is 228 g/mol. The zero-order chi connectivity index (χ0) is 11.4. The Kier molecular flexibility index (Phi) is 3.66. The van der Waals surface area contributed by atoms with Crippen LogP contribution >= 0.6 is 0 Å². The molecule has 2 aliphatic heterocycles. The lowest BCUT2D eigenvalue weighted by atomic mass is 10.0. The Balaban J connectivity index is 1.74. The summed E-state index contributed by atoms with van der Waals surface area (Å²) in [5.41, 5.74) is -0.165. The van der Waals surface area contributed by atoms with Gasteiger partial charge < -0.3 is 19.7 Å². The molecule has 5 heteroatoms. The van der Waals surface area contributed by atoms with Crippen molar-refractivity contribution in [3.05, 3.63) is 0 Å². The molecule has 0 bridgehead atoms. The number of nitrogens with zero attached hydrogens (tertiary/aromatic N) is 1. The number of nitrogens with one attached hydrogen (secondary N) is 1. The van der Waals surface area contributed by atoms with E-state index in [4.69, 9.17) is 9.47 Å². The molecule has 2 amide bonds. The number of ether oxygens (including phenoxy) is 2. The molecule has 0 radical (unpaired) electrons. The summed E-state index contributed by atoms with van der Waals surface area (Å²) in [6, 6.07) is 0.0000231. The molecule has 1 unspecified atom stereocenters. The molecule has 1 N–H and O–H groups in total. The molecule has 92 valence electrons. The molecule has 2 heterocycles. The second-order valence-corrected chi connectivity index (χ2v) is 4.66. The van der Waals surface area contributed by atoms with Gasteiger partial charge in [-0.05, 0) is 19.8 Å². The van der Waals surface area contributed by atoms with Gasteiger partial charge in [-0.25, -0.2) is 4.79 Å². The molecule has 2 rings (SSSR count). The van der Waals surface area contributed by atoms with E-state index in [2.05, 4.69) is 12.2 Å². The quantitative estimate of drug-likeness (QED) is 0.753. The number of carbonyl (C=O) groups excluding carboxylic acids is 1. The Morgan fingerprint density at radius 1 is 1.38 bits per heavy atom. The largest absolute Gasteiger partial charge is 0.378 e. The summed E-state index contributed by atoms with van der Waals surface area (Å²) >= 11 is 0. The first-order chi connectivity index (χ1) is 7.70. The van der Waals surface area contributed by atoms with Crippen LogP contribution in [0.4, 0.5) is 4.79 Å². The Hall–Kier alpha value is -0.810. The Morgan fingerprint density at radius 2 is 2.12 bits per heavy atom. The smallest absolute Gasteiger partial charge is 0.317 e. The minimum absolute atomic E-state index is 0.0000231. The lowest BCUT2D eigenvalue weighted by molar-refractivity contribution is 0.0189. The number of hydrogen-bond donors (Lipinski definition) is 1. The van der Waals surface area contributed by atoms with Crippen LogP contribution in [0.2, 0.25) is 0 Å². The number of hydrogen-bond acceptors (Lipinski definition) is 3. The number of carbonyl (C=O) groups is 1. The van der Waals surface area contributed by atoms with Crippen LogP contribution in [0.25, 0.3) is 0 Å². The summed E-state index contributed by atoms with van der Waals surface area (Å²) in [7, 11) is 0. The second-order valence-electron chi connectivity index (χ2n) is 4.66. The van der Waals surface area contributed by atoms with Crippen molar-refractivity contribution in [2.75, 3.05) is 39.5 Å². The zero-order valence-electron chi connectivity index (χ0n) is 9.83. The number of amides is 2. The van der Waals surface area contributed by atoms with Crippen molar-refractivity contribution in [1.29, 1.82) is 0 Å². The van der Waals surface area contributed by atoms with Gasteiger partial charge in [-0.1, -0.05) is 0 Å². The highest BCUT2D eigenvalue weighted by molar-refractivity contribution is 5.74. The summed E-state index contributed by atoms with van der Waals surface area (Å²) in [4.78, 5) is 13.6. The van der Waals surface area contributed by atoms with Crippen LogP contribution < -0.4 is 5.32 Å². The lowest BCUT2D eigenvalue weighted by Gasteiger charge is -2.29. The van der Waals surface area contributed by atoms with Gasteiger partial charge in [0.05, 0.1) is 18.8 Å². The monoisotopic (exact) mass is 228 g/mol. The summed E-state index contributed by atoms with van der Waals surface area (Å²) in [6.45, 7) is 6.11. The van der Waals surface area contributed by atoms with Gasteiger partial charge in [-0.3, -0.25) is 0 Å². The number of urea groups is 1. The van der Waals surface area contributed by atoms with Gasteiger partial charge in [0.1, 0.15) is 0 Å². The van der Waals surface area contributed by atoms with Crippen LogP contribution in [0.5, 0.6) is 0 Å². The molecule has 0 aliphatic carbocycles.